The molecular formula is C10H15ClN2O2S. The van der Waals surface area contributed by atoms with Gasteiger partial charge in [0.25, 0.3) is 10.2 Å². The Bertz CT molecular complexity index is 442. The molecule has 0 aliphatic heterocycles. The summed E-state index contributed by atoms with van der Waals surface area (Å²) in [6.07, 6.45) is 0. The molecule has 6 heteroatoms. The van der Waals surface area contributed by atoms with Gasteiger partial charge in [0.15, 0.2) is 0 Å². The van der Waals surface area contributed by atoms with Crippen LogP contribution in [0.1, 0.15) is 25.5 Å². The van der Waals surface area contributed by atoms with Gasteiger partial charge in [0.2, 0.25) is 0 Å². The van der Waals surface area contributed by atoms with E-state index in [4.69, 9.17) is 16.7 Å². The van der Waals surface area contributed by atoms with Crippen molar-refractivity contribution in [3.8, 4) is 0 Å². The Balaban J connectivity index is 2.99. The maximum absolute atomic E-state index is 11.0. The molecule has 3 N–H and O–H groups in total. The number of hydrogen-bond acceptors (Lipinski definition) is 2. The molecule has 0 saturated carbocycles. The van der Waals surface area contributed by atoms with E-state index in [9.17, 15) is 8.42 Å². The van der Waals surface area contributed by atoms with Crippen LogP contribution in [0, 0.1) is 5.92 Å². The van der Waals surface area contributed by atoms with Crippen molar-refractivity contribution in [1.82, 2.24) is 4.72 Å². The van der Waals surface area contributed by atoms with Gasteiger partial charge in [-0.15, -0.1) is 0 Å². The number of halogens is 1. The summed E-state index contributed by atoms with van der Waals surface area (Å²) in [6, 6.07) is 6.66. The van der Waals surface area contributed by atoms with Gasteiger partial charge in [-0.1, -0.05) is 37.6 Å². The first-order valence-corrected chi connectivity index (χ1v) is 6.77. The Morgan fingerprint density at radius 2 is 1.75 bits per heavy atom. The van der Waals surface area contributed by atoms with Crippen LogP contribution in [0.2, 0.25) is 5.02 Å². The highest BCUT2D eigenvalue weighted by atomic mass is 35.5. The van der Waals surface area contributed by atoms with E-state index in [2.05, 4.69) is 4.72 Å². The maximum atomic E-state index is 11.0. The molecular weight excluding hydrogens is 248 g/mol. The number of nitrogens with one attached hydrogen (secondary N) is 1. The van der Waals surface area contributed by atoms with Crippen LogP contribution in [0.25, 0.3) is 0 Å². The summed E-state index contributed by atoms with van der Waals surface area (Å²) in [5.41, 5.74) is 0.841. The third-order valence-electron chi connectivity index (χ3n) is 2.19. The molecule has 90 valence electrons. The molecule has 0 radical (unpaired) electrons. The van der Waals surface area contributed by atoms with Crippen LogP contribution in [0.15, 0.2) is 24.3 Å². The molecule has 0 amide bonds. The highest BCUT2D eigenvalue weighted by molar-refractivity contribution is 7.87. The number of rotatable bonds is 4. The molecule has 0 saturated heterocycles. The van der Waals surface area contributed by atoms with Gasteiger partial charge in [0.1, 0.15) is 0 Å². The molecule has 1 aromatic rings. The third-order valence-corrected chi connectivity index (χ3v) is 3.02. The van der Waals surface area contributed by atoms with Crippen LogP contribution in [-0.4, -0.2) is 8.42 Å². The van der Waals surface area contributed by atoms with Gasteiger partial charge in [-0.3, -0.25) is 0 Å². The van der Waals surface area contributed by atoms with Crippen LogP contribution < -0.4 is 9.86 Å². The number of benzene rings is 1. The van der Waals surface area contributed by atoms with Crippen molar-refractivity contribution >= 4 is 21.8 Å². The summed E-state index contributed by atoms with van der Waals surface area (Å²) >= 11 is 5.77. The van der Waals surface area contributed by atoms with E-state index in [0.717, 1.165) is 5.56 Å². The summed E-state index contributed by atoms with van der Waals surface area (Å²) in [5, 5.41) is 5.59. The van der Waals surface area contributed by atoms with Crippen molar-refractivity contribution in [2.75, 3.05) is 0 Å². The minimum atomic E-state index is -3.71. The fraction of sp³-hybridized carbons (Fsp3) is 0.400. The first-order chi connectivity index (χ1) is 7.29. The second-order valence-corrected chi connectivity index (χ2v) is 5.70. The first kappa shape index (κ1) is 13.4. The summed E-state index contributed by atoms with van der Waals surface area (Å²) in [7, 11) is -3.71. The van der Waals surface area contributed by atoms with Crippen LogP contribution in [0.5, 0.6) is 0 Å². The van der Waals surface area contributed by atoms with Crippen molar-refractivity contribution in [1.29, 1.82) is 0 Å². The molecule has 0 spiro atoms. The zero-order valence-electron chi connectivity index (χ0n) is 9.14. The lowest BCUT2D eigenvalue weighted by atomic mass is 9.97. The lowest BCUT2D eigenvalue weighted by Crippen LogP contribution is -2.36. The van der Waals surface area contributed by atoms with Crippen molar-refractivity contribution in [3.63, 3.8) is 0 Å². The van der Waals surface area contributed by atoms with Gasteiger partial charge >= 0.3 is 0 Å². The molecule has 1 atom stereocenters. The first-order valence-electron chi connectivity index (χ1n) is 4.85. The molecule has 16 heavy (non-hydrogen) atoms. The second-order valence-electron chi connectivity index (χ2n) is 3.94. The van der Waals surface area contributed by atoms with Crippen LogP contribution in [0.4, 0.5) is 0 Å². The largest absolute Gasteiger partial charge is 0.274 e. The monoisotopic (exact) mass is 262 g/mol. The molecule has 0 fully saturated rings. The molecule has 1 aromatic carbocycles. The number of nitrogens with two attached hydrogens (primary N) is 1. The smallest absolute Gasteiger partial charge is 0.216 e. The topological polar surface area (TPSA) is 72.2 Å². The van der Waals surface area contributed by atoms with Crippen LogP contribution in [0.3, 0.4) is 0 Å². The predicted molar refractivity (Wildman–Crippen MR) is 65.3 cm³/mol. The van der Waals surface area contributed by atoms with Gasteiger partial charge in [0.05, 0.1) is 6.04 Å². The second kappa shape index (κ2) is 5.14. The Morgan fingerprint density at radius 1 is 1.25 bits per heavy atom. The van der Waals surface area contributed by atoms with E-state index in [0.29, 0.717) is 5.02 Å². The number of hydrogen-bond donors (Lipinski definition) is 2. The molecule has 4 nitrogen and oxygen atoms in total. The highest BCUT2D eigenvalue weighted by Gasteiger charge is 2.19. The standard InChI is InChI=1S/C10H15ClN2O2S/c1-7(2)10(13-16(12,14)15)8-3-5-9(11)6-4-8/h3-7,10,13H,1-2H3,(H2,12,14,15). The molecule has 0 aromatic heterocycles. The Hall–Kier alpha value is -0.620. The van der Waals surface area contributed by atoms with Crippen molar-refractivity contribution in [2.24, 2.45) is 11.1 Å². The van der Waals surface area contributed by atoms with Gasteiger partial charge in [-0.2, -0.15) is 13.1 Å². The maximum Gasteiger partial charge on any atom is 0.274 e. The average molecular weight is 263 g/mol. The SMILES string of the molecule is CC(C)C(NS(N)(=O)=O)c1ccc(Cl)cc1. The minimum Gasteiger partial charge on any atom is -0.216 e. The predicted octanol–water partition coefficient (Wildman–Crippen LogP) is 1.83. The van der Waals surface area contributed by atoms with E-state index in [-0.39, 0.29) is 12.0 Å². The van der Waals surface area contributed by atoms with Gasteiger partial charge < -0.3 is 0 Å². The molecule has 0 aliphatic carbocycles. The van der Waals surface area contributed by atoms with Crippen LogP contribution in [-0.2, 0) is 10.2 Å². The van der Waals surface area contributed by atoms with Crippen molar-refractivity contribution in [3.05, 3.63) is 34.9 Å². The van der Waals surface area contributed by atoms with Crippen LogP contribution >= 0.6 is 11.6 Å². The molecule has 0 aliphatic rings. The Morgan fingerprint density at radius 3 is 2.12 bits per heavy atom. The van der Waals surface area contributed by atoms with Gasteiger partial charge in [-0.25, -0.2) is 5.14 Å². The van der Waals surface area contributed by atoms with E-state index in [1.54, 1.807) is 24.3 Å². The summed E-state index contributed by atoms with van der Waals surface area (Å²) in [6.45, 7) is 3.83. The fourth-order valence-electron chi connectivity index (χ4n) is 1.44. The average Bonchev–Trinajstić information content (AvgIpc) is 2.14. The lowest BCUT2D eigenvalue weighted by molar-refractivity contribution is 0.463. The fourth-order valence-corrected chi connectivity index (χ4v) is 2.32. The Kier molecular flexibility index (Phi) is 4.32. The van der Waals surface area contributed by atoms with Crippen molar-refractivity contribution in [2.45, 2.75) is 19.9 Å². The molecule has 0 bridgehead atoms. The van der Waals surface area contributed by atoms with E-state index < -0.39 is 10.2 Å². The third kappa shape index (κ3) is 4.09. The summed E-state index contributed by atoms with van der Waals surface area (Å²) in [4.78, 5) is 0. The lowest BCUT2D eigenvalue weighted by Gasteiger charge is -2.21. The minimum absolute atomic E-state index is 0.0968. The van der Waals surface area contributed by atoms with Gasteiger partial charge in [-0.05, 0) is 23.6 Å². The van der Waals surface area contributed by atoms with E-state index >= 15 is 0 Å². The van der Waals surface area contributed by atoms with Gasteiger partial charge in [0, 0.05) is 5.02 Å². The normalized spacial score (nSPS) is 14.1. The van der Waals surface area contributed by atoms with Crippen molar-refractivity contribution < 1.29 is 8.42 Å². The highest BCUT2D eigenvalue weighted by Crippen LogP contribution is 2.23. The Labute approximate surface area is 101 Å². The zero-order valence-corrected chi connectivity index (χ0v) is 10.7. The summed E-state index contributed by atoms with van der Waals surface area (Å²) in [5.74, 6) is 0.0968. The van der Waals surface area contributed by atoms with E-state index in [1.807, 2.05) is 13.8 Å². The summed E-state index contributed by atoms with van der Waals surface area (Å²) < 4.78 is 24.5. The zero-order chi connectivity index (χ0) is 12.3. The molecule has 0 heterocycles. The van der Waals surface area contributed by atoms with E-state index in [1.165, 1.54) is 0 Å². The quantitative estimate of drug-likeness (QED) is 0.869. The molecule has 1 rings (SSSR count). The molecule has 1 unspecified atom stereocenters.